The van der Waals surface area contributed by atoms with Crippen molar-refractivity contribution in [2.45, 2.75) is 19.8 Å². The van der Waals surface area contributed by atoms with E-state index in [2.05, 4.69) is 4.74 Å². The highest BCUT2D eigenvalue weighted by Crippen LogP contribution is 2.28. The third-order valence-electron chi connectivity index (χ3n) is 2.71. The molecule has 0 N–H and O–H groups in total. The Bertz CT molecular complexity index is 612. The number of nitrogens with zero attached hydrogens (tertiary/aromatic N) is 2. The lowest BCUT2D eigenvalue weighted by Gasteiger charge is -2.07. The molecule has 0 saturated heterocycles. The Labute approximate surface area is 116 Å². The molecule has 1 aromatic rings. The van der Waals surface area contributed by atoms with Gasteiger partial charge in [0.1, 0.15) is 11.6 Å². The van der Waals surface area contributed by atoms with E-state index in [1.165, 1.54) is 12.1 Å². The SMILES string of the molecule is COC(=O)/C(C#N)=C/c1ccc(C(C)C)c([N+](=O)[O-])c1. The minimum atomic E-state index is -0.775. The van der Waals surface area contributed by atoms with E-state index in [0.29, 0.717) is 11.1 Å². The molecule has 0 spiro atoms. The van der Waals surface area contributed by atoms with Crippen LogP contribution in [-0.4, -0.2) is 18.0 Å². The van der Waals surface area contributed by atoms with Crippen molar-refractivity contribution < 1.29 is 14.5 Å². The van der Waals surface area contributed by atoms with Gasteiger partial charge >= 0.3 is 5.97 Å². The fourth-order valence-corrected chi connectivity index (χ4v) is 1.71. The van der Waals surface area contributed by atoms with Crippen molar-refractivity contribution in [1.29, 1.82) is 5.26 Å². The molecule has 0 fully saturated rings. The average molecular weight is 274 g/mol. The monoisotopic (exact) mass is 274 g/mol. The van der Waals surface area contributed by atoms with E-state index >= 15 is 0 Å². The molecular formula is C14H14N2O4. The molecule has 0 aliphatic rings. The van der Waals surface area contributed by atoms with E-state index in [4.69, 9.17) is 5.26 Å². The van der Waals surface area contributed by atoms with Gasteiger partial charge in [0.2, 0.25) is 0 Å². The Morgan fingerprint density at radius 2 is 2.15 bits per heavy atom. The highest BCUT2D eigenvalue weighted by atomic mass is 16.6. The summed E-state index contributed by atoms with van der Waals surface area (Å²) in [5, 5.41) is 19.9. The zero-order chi connectivity index (χ0) is 15.3. The van der Waals surface area contributed by atoms with E-state index < -0.39 is 10.9 Å². The van der Waals surface area contributed by atoms with Crippen LogP contribution >= 0.6 is 0 Å². The van der Waals surface area contributed by atoms with Crippen LogP contribution in [0.4, 0.5) is 5.69 Å². The first-order valence-corrected chi connectivity index (χ1v) is 5.89. The third kappa shape index (κ3) is 3.42. The number of benzene rings is 1. The topological polar surface area (TPSA) is 93.2 Å². The van der Waals surface area contributed by atoms with E-state index in [1.54, 1.807) is 18.2 Å². The van der Waals surface area contributed by atoms with Gasteiger partial charge in [0.05, 0.1) is 12.0 Å². The first kappa shape index (κ1) is 15.4. The molecule has 0 aromatic heterocycles. The highest BCUT2D eigenvalue weighted by molar-refractivity contribution is 5.97. The summed E-state index contributed by atoms with van der Waals surface area (Å²) in [5.41, 5.74) is 0.766. The summed E-state index contributed by atoms with van der Waals surface area (Å²) in [6.07, 6.45) is 1.27. The van der Waals surface area contributed by atoms with Gasteiger partial charge in [0.15, 0.2) is 0 Å². The number of nitriles is 1. The summed E-state index contributed by atoms with van der Waals surface area (Å²) in [6.45, 7) is 3.71. The van der Waals surface area contributed by atoms with E-state index in [9.17, 15) is 14.9 Å². The van der Waals surface area contributed by atoms with Gasteiger partial charge in [-0.25, -0.2) is 4.79 Å². The normalized spacial score (nSPS) is 11.1. The maximum Gasteiger partial charge on any atom is 0.348 e. The summed E-state index contributed by atoms with van der Waals surface area (Å²) in [5.74, 6) is -0.771. The standard InChI is InChI=1S/C14H14N2O4/c1-9(2)12-5-4-10(7-13(12)16(18)19)6-11(8-15)14(17)20-3/h4-7,9H,1-3H3/b11-6+. The van der Waals surface area contributed by atoms with Gasteiger partial charge in [-0.3, -0.25) is 10.1 Å². The Morgan fingerprint density at radius 3 is 2.60 bits per heavy atom. The van der Waals surface area contributed by atoms with E-state index in [0.717, 1.165) is 7.11 Å². The summed E-state index contributed by atoms with van der Waals surface area (Å²) in [6, 6.07) is 6.30. The van der Waals surface area contributed by atoms with Crippen LogP contribution in [0.15, 0.2) is 23.8 Å². The molecule has 0 radical (unpaired) electrons. The lowest BCUT2D eigenvalue weighted by Crippen LogP contribution is -2.03. The summed E-state index contributed by atoms with van der Waals surface area (Å²) in [4.78, 5) is 21.9. The molecule has 0 aliphatic heterocycles. The van der Waals surface area contributed by atoms with Crippen LogP contribution in [0.2, 0.25) is 0 Å². The number of carbonyl (C=O) groups is 1. The number of nitro benzene ring substituents is 1. The predicted octanol–water partition coefficient (Wildman–Crippen LogP) is 2.80. The molecule has 0 amide bonds. The van der Waals surface area contributed by atoms with E-state index in [-0.39, 0.29) is 17.2 Å². The van der Waals surface area contributed by atoms with Crippen LogP contribution < -0.4 is 0 Å². The van der Waals surface area contributed by atoms with Crippen molar-refractivity contribution in [1.82, 2.24) is 0 Å². The number of hydrogen-bond donors (Lipinski definition) is 0. The molecule has 0 heterocycles. The zero-order valence-corrected chi connectivity index (χ0v) is 11.4. The molecule has 0 bridgehead atoms. The number of ether oxygens (including phenoxy) is 1. The van der Waals surface area contributed by atoms with Gasteiger partial charge in [0, 0.05) is 11.6 Å². The Hall–Kier alpha value is -2.68. The zero-order valence-electron chi connectivity index (χ0n) is 11.4. The highest BCUT2D eigenvalue weighted by Gasteiger charge is 2.17. The van der Waals surface area contributed by atoms with Crippen LogP contribution in [0.1, 0.15) is 30.9 Å². The fraction of sp³-hybridized carbons (Fsp3) is 0.286. The van der Waals surface area contributed by atoms with Crippen LogP contribution in [0.25, 0.3) is 6.08 Å². The first-order valence-electron chi connectivity index (χ1n) is 5.89. The summed E-state index contributed by atoms with van der Waals surface area (Å²) in [7, 11) is 1.16. The van der Waals surface area contributed by atoms with Crippen molar-refractivity contribution in [3.63, 3.8) is 0 Å². The number of hydrogen-bond acceptors (Lipinski definition) is 5. The summed E-state index contributed by atoms with van der Waals surface area (Å²) >= 11 is 0. The minimum Gasteiger partial charge on any atom is -0.465 e. The number of esters is 1. The van der Waals surface area contributed by atoms with Gasteiger partial charge in [-0.05, 0) is 17.6 Å². The van der Waals surface area contributed by atoms with Crippen molar-refractivity contribution >= 4 is 17.7 Å². The van der Waals surface area contributed by atoms with Crippen LogP contribution in [0.3, 0.4) is 0 Å². The molecule has 0 aliphatic carbocycles. The Kier molecular flexibility index (Phi) is 4.98. The quantitative estimate of drug-likeness (QED) is 0.277. The number of nitro groups is 1. The minimum absolute atomic E-state index is 0.00414. The molecule has 0 atom stereocenters. The first-order chi connectivity index (χ1) is 9.40. The van der Waals surface area contributed by atoms with Crippen LogP contribution in [-0.2, 0) is 9.53 Å². The van der Waals surface area contributed by atoms with Crippen molar-refractivity contribution in [3.05, 3.63) is 45.0 Å². The predicted molar refractivity (Wildman–Crippen MR) is 72.8 cm³/mol. The average Bonchev–Trinajstić information content (AvgIpc) is 2.43. The molecule has 1 aromatic carbocycles. The lowest BCUT2D eigenvalue weighted by molar-refractivity contribution is -0.385. The van der Waals surface area contributed by atoms with Crippen molar-refractivity contribution in [2.24, 2.45) is 0 Å². The molecule has 0 saturated carbocycles. The van der Waals surface area contributed by atoms with Gasteiger partial charge in [-0.1, -0.05) is 26.0 Å². The fourth-order valence-electron chi connectivity index (χ4n) is 1.71. The number of rotatable bonds is 4. The molecule has 20 heavy (non-hydrogen) atoms. The van der Waals surface area contributed by atoms with Crippen molar-refractivity contribution in [2.75, 3.05) is 7.11 Å². The molecular weight excluding hydrogens is 260 g/mol. The van der Waals surface area contributed by atoms with Crippen LogP contribution in [0, 0.1) is 21.4 Å². The van der Waals surface area contributed by atoms with Gasteiger partial charge in [-0.15, -0.1) is 0 Å². The molecule has 6 heteroatoms. The van der Waals surface area contributed by atoms with Gasteiger partial charge in [-0.2, -0.15) is 5.26 Å². The smallest absolute Gasteiger partial charge is 0.348 e. The third-order valence-corrected chi connectivity index (χ3v) is 2.71. The number of carbonyl (C=O) groups excluding carboxylic acids is 1. The second kappa shape index (κ2) is 6.48. The number of methoxy groups -OCH3 is 1. The molecule has 6 nitrogen and oxygen atoms in total. The Morgan fingerprint density at radius 1 is 1.50 bits per heavy atom. The summed E-state index contributed by atoms with van der Waals surface area (Å²) < 4.78 is 4.45. The maximum absolute atomic E-state index is 11.3. The van der Waals surface area contributed by atoms with Crippen molar-refractivity contribution in [3.8, 4) is 6.07 Å². The molecule has 0 unspecified atom stereocenters. The second-order valence-electron chi connectivity index (χ2n) is 4.39. The second-order valence-corrected chi connectivity index (χ2v) is 4.39. The molecule has 104 valence electrons. The van der Waals surface area contributed by atoms with Crippen LogP contribution in [0.5, 0.6) is 0 Å². The largest absolute Gasteiger partial charge is 0.465 e. The van der Waals surface area contributed by atoms with Gasteiger partial charge < -0.3 is 4.74 Å². The Balaban J connectivity index is 3.32. The lowest BCUT2D eigenvalue weighted by atomic mass is 9.98. The van der Waals surface area contributed by atoms with E-state index in [1.807, 2.05) is 13.8 Å². The maximum atomic E-state index is 11.3. The molecule has 1 rings (SSSR count). The van der Waals surface area contributed by atoms with Gasteiger partial charge in [0.25, 0.3) is 5.69 Å².